The number of benzene rings is 2. The first-order chi connectivity index (χ1) is 15.0. The van der Waals surface area contributed by atoms with Crippen molar-refractivity contribution >= 4 is 23.5 Å². The summed E-state index contributed by atoms with van der Waals surface area (Å²) in [6.07, 6.45) is 2.62. The highest BCUT2D eigenvalue weighted by molar-refractivity contribution is 6.31. The van der Waals surface area contributed by atoms with E-state index in [0.29, 0.717) is 29.3 Å². The number of pyridine rings is 1. The van der Waals surface area contributed by atoms with Gasteiger partial charge in [-0.2, -0.15) is 0 Å². The lowest BCUT2D eigenvalue weighted by Gasteiger charge is -2.29. The van der Waals surface area contributed by atoms with Gasteiger partial charge in [-0.05, 0) is 48.2 Å². The maximum atomic E-state index is 13.4. The number of hydrogen-bond donors (Lipinski definition) is 1. The van der Waals surface area contributed by atoms with Crippen LogP contribution in [0.3, 0.4) is 0 Å². The largest absolute Gasteiger partial charge is 0.481 e. The van der Waals surface area contributed by atoms with Crippen molar-refractivity contribution in [1.29, 1.82) is 0 Å². The Morgan fingerprint density at radius 1 is 1.03 bits per heavy atom. The molecule has 0 radical (unpaired) electrons. The number of halogens is 1. The molecule has 158 valence electrons. The van der Waals surface area contributed by atoms with Gasteiger partial charge < -0.3 is 14.7 Å². The Kier molecular flexibility index (Phi) is 5.91. The average molecular weight is 437 g/mol. The predicted molar refractivity (Wildman–Crippen MR) is 117 cm³/mol. The minimum atomic E-state index is -1.01. The first-order valence-electron chi connectivity index (χ1n) is 9.90. The third-order valence-corrected chi connectivity index (χ3v) is 5.92. The third kappa shape index (κ3) is 4.11. The second kappa shape index (κ2) is 8.78. The van der Waals surface area contributed by atoms with E-state index in [2.05, 4.69) is 4.98 Å². The molecular formula is C24H21ClN2O4. The molecule has 2 heterocycles. The van der Waals surface area contributed by atoms with Crippen molar-refractivity contribution in [3.05, 3.63) is 83.0 Å². The first-order valence-corrected chi connectivity index (χ1v) is 10.3. The standard InChI is InChI=1S/C24H21ClN2O4/c1-31-22-13-10-17(14-26-22)15-6-8-16(9-7-15)23(28)27-20(11-12-21(27)24(29)30)18-4-2-3-5-19(18)25/h2-10,13-14,20-21H,11-12H2,1H3,(H,29,30)/t20-,21+/m1/s1. The molecule has 0 saturated carbocycles. The van der Waals surface area contributed by atoms with Gasteiger partial charge in [0.15, 0.2) is 0 Å². The van der Waals surface area contributed by atoms with Crippen LogP contribution in [0.15, 0.2) is 66.9 Å². The maximum Gasteiger partial charge on any atom is 0.326 e. The van der Waals surface area contributed by atoms with E-state index < -0.39 is 12.0 Å². The van der Waals surface area contributed by atoms with E-state index in [1.165, 1.54) is 4.90 Å². The van der Waals surface area contributed by atoms with Crippen LogP contribution in [0.2, 0.25) is 5.02 Å². The first kappa shape index (κ1) is 20.9. The molecule has 4 rings (SSSR count). The van der Waals surface area contributed by atoms with Gasteiger partial charge in [-0.25, -0.2) is 9.78 Å². The van der Waals surface area contributed by atoms with Crippen molar-refractivity contribution in [3.63, 3.8) is 0 Å². The van der Waals surface area contributed by atoms with Gasteiger partial charge in [-0.3, -0.25) is 4.79 Å². The number of methoxy groups -OCH3 is 1. The Hall–Kier alpha value is -3.38. The molecule has 7 heteroatoms. The molecule has 0 spiro atoms. The second-order valence-corrected chi connectivity index (χ2v) is 7.75. The molecule has 0 unspecified atom stereocenters. The van der Waals surface area contributed by atoms with Crippen molar-refractivity contribution in [1.82, 2.24) is 9.88 Å². The smallest absolute Gasteiger partial charge is 0.326 e. The van der Waals surface area contributed by atoms with Crippen LogP contribution in [-0.4, -0.2) is 40.0 Å². The molecule has 2 aromatic carbocycles. The number of aromatic nitrogens is 1. The minimum absolute atomic E-state index is 0.325. The number of carboxylic acids is 1. The van der Waals surface area contributed by atoms with Gasteiger partial charge in [-0.1, -0.05) is 41.9 Å². The molecular weight excluding hydrogens is 416 g/mol. The van der Waals surface area contributed by atoms with E-state index in [-0.39, 0.29) is 11.9 Å². The van der Waals surface area contributed by atoms with E-state index in [0.717, 1.165) is 16.7 Å². The molecule has 1 fully saturated rings. The number of nitrogens with zero attached hydrogens (tertiary/aromatic N) is 2. The van der Waals surface area contributed by atoms with Crippen molar-refractivity contribution in [3.8, 4) is 17.0 Å². The van der Waals surface area contributed by atoms with Gasteiger partial charge in [0.1, 0.15) is 6.04 Å². The normalized spacial score (nSPS) is 18.1. The topological polar surface area (TPSA) is 79.7 Å². The third-order valence-electron chi connectivity index (χ3n) is 5.58. The molecule has 1 N–H and O–H groups in total. The summed E-state index contributed by atoms with van der Waals surface area (Å²) in [5.41, 5.74) is 2.97. The Morgan fingerprint density at radius 2 is 1.74 bits per heavy atom. The van der Waals surface area contributed by atoms with Crippen molar-refractivity contribution < 1.29 is 19.4 Å². The van der Waals surface area contributed by atoms with E-state index >= 15 is 0 Å². The number of likely N-dealkylation sites (tertiary alicyclic amines) is 1. The molecule has 1 amide bonds. The van der Waals surface area contributed by atoms with E-state index in [1.54, 1.807) is 37.6 Å². The fourth-order valence-electron chi connectivity index (χ4n) is 4.01. The van der Waals surface area contributed by atoms with Crippen LogP contribution in [0.1, 0.15) is 34.8 Å². The van der Waals surface area contributed by atoms with Crippen molar-refractivity contribution in [2.75, 3.05) is 7.11 Å². The zero-order valence-electron chi connectivity index (χ0n) is 16.9. The molecule has 1 saturated heterocycles. The monoisotopic (exact) mass is 436 g/mol. The molecule has 6 nitrogen and oxygen atoms in total. The van der Waals surface area contributed by atoms with Gasteiger partial charge in [0, 0.05) is 28.4 Å². The summed E-state index contributed by atoms with van der Waals surface area (Å²) < 4.78 is 5.08. The Labute approximate surface area is 185 Å². The van der Waals surface area contributed by atoms with Crippen molar-refractivity contribution in [2.24, 2.45) is 0 Å². The Balaban J connectivity index is 1.63. The van der Waals surface area contributed by atoms with Crippen LogP contribution in [0.5, 0.6) is 5.88 Å². The zero-order chi connectivity index (χ0) is 22.0. The predicted octanol–water partition coefficient (Wildman–Crippen LogP) is 4.84. The molecule has 2 atom stereocenters. The number of amides is 1. The van der Waals surface area contributed by atoms with Gasteiger partial charge in [0.05, 0.1) is 13.2 Å². The molecule has 1 aliphatic heterocycles. The summed E-state index contributed by atoms with van der Waals surface area (Å²) in [5.74, 6) is -0.812. The Bertz CT molecular complexity index is 1100. The van der Waals surface area contributed by atoms with Gasteiger partial charge in [0.25, 0.3) is 5.91 Å². The summed E-state index contributed by atoms with van der Waals surface area (Å²) in [6, 6.07) is 16.7. The van der Waals surface area contributed by atoms with Crippen LogP contribution in [0.25, 0.3) is 11.1 Å². The number of carbonyl (C=O) groups excluding carboxylic acids is 1. The van der Waals surface area contributed by atoms with Gasteiger partial charge in [0.2, 0.25) is 5.88 Å². The average Bonchev–Trinajstić information content (AvgIpc) is 3.24. The summed E-state index contributed by atoms with van der Waals surface area (Å²) >= 11 is 6.36. The summed E-state index contributed by atoms with van der Waals surface area (Å²) in [6.45, 7) is 0. The number of aliphatic carboxylic acids is 1. The highest BCUT2D eigenvalue weighted by Gasteiger charge is 2.42. The highest BCUT2D eigenvalue weighted by Crippen LogP contribution is 2.40. The van der Waals surface area contributed by atoms with Crippen LogP contribution in [0, 0.1) is 0 Å². The zero-order valence-corrected chi connectivity index (χ0v) is 17.6. The number of hydrogen-bond acceptors (Lipinski definition) is 4. The quantitative estimate of drug-likeness (QED) is 0.619. The summed E-state index contributed by atoms with van der Waals surface area (Å²) in [7, 11) is 1.56. The molecule has 31 heavy (non-hydrogen) atoms. The number of rotatable bonds is 5. The number of carboxylic acid groups (broad SMARTS) is 1. The summed E-state index contributed by atoms with van der Waals surface area (Å²) in [5, 5.41) is 10.2. The van der Waals surface area contributed by atoms with Crippen LogP contribution < -0.4 is 4.74 Å². The molecule has 0 bridgehead atoms. The van der Waals surface area contributed by atoms with Gasteiger partial charge >= 0.3 is 5.97 Å². The molecule has 1 aliphatic rings. The second-order valence-electron chi connectivity index (χ2n) is 7.35. The SMILES string of the molecule is COc1ccc(-c2ccc(C(=O)N3[C@@H](c4ccccc4Cl)CC[C@H]3C(=O)O)cc2)cn1. The fourth-order valence-corrected chi connectivity index (χ4v) is 4.28. The van der Waals surface area contributed by atoms with E-state index in [1.807, 2.05) is 36.4 Å². The lowest BCUT2D eigenvalue weighted by molar-refractivity contribution is -0.141. The number of carbonyl (C=O) groups is 2. The number of ether oxygens (including phenoxy) is 1. The van der Waals surface area contributed by atoms with Crippen LogP contribution in [-0.2, 0) is 4.79 Å². The molecule has 1 aromatic heterocycles. The minimum Gasteiger partial charge on any atom is -0.481 e. The lowest BCUT2D eigenvalue weighted by Crippen LogP contribution is -2.41. The Morgan fingerprint density at radius 3 is 2.35 bits per heavy atom. The van der Waals surface area contributed by atoms with Crippen molar-refractivity contribution in [2.45, 2.75) is 24.9 Å². The van der Waals surface area contributed by atoms with Crippen LogP contribution in [0.4, 0.5) is 0 Å². The van der Waals surface area contributed by atoms with E-state index in [4.69, 9.17) is 16.3 Å². The van der Waals surface area contributed by atoms with Gasteiger partial charge in [-0.15, -0.1) is 0 Å². The maximum absolute atomic E-state index is 13.4. The fraction of sp³-hybridized carbons (Fsp3) is 0.208. The lowest BCUT2D eigenvalue weighted by atomic mass is 10.0. The molecule has 0 aliphatic carbocycles. The summed E-state index contributed by atoms with van der Waals surface area (Å²) in [4.78, 5) is 30.9. The van der Waals surface area contributed by atoms with Crippen LogP contribution >= 0.6 is 11.6 Å². The highest BCUT2D eigenvalue weighted by atomic mass is 35.5. The molecule has 3 aromatic rings. The van der Waals surface area contributed by atoms with E-state index in [9.17, 15) is 14.7 Å².